The lowest BCUT2D eigenvalue weighted by atomic mass is 10.1. The quantitative estimate of drug-likeness (QED) is 0.697. The van der Waals surface area contributed by atoms with Crippen molar-refractivity contribution in [2.24, 2.45) is 0 Å². The number of nitro benzene ring substituents is 1. The Labute approximate surface area is 124 Å². The summed E-state index contributed by atoms with van der Waals surface area (Å²) < 4.78 is 26.5. The first-order valence-corrected chi connectivity index (χ1v) is 6.35. The molecule has 0 aliphatic rings. The van der Waals surface area contributed by atoms with E-state index in [0.717, 1.165) is 18.2 Å². The lowest BCUT2D eigenvalue weighted by Crippen LogP contribution is -2.23. The third kappa shape index (κ3) is 3.43. The topological polar surface area (TPSA) is 72.2 Å². The highest BCUT2D eigenvalue weighted by atomic mass is 19.1. The second-order valence-electron chi connectivity index (χ2n) is 4.68. The molecule has 114 valence electrons. The smallest absolute Gasteiger partial charge is 0.272 e. The average molecular weight is 306 g/mol. The number of aryl methyl sites for hydroxylation is 1. The van der Waals surface area contributed by atoms with E-state index in [2.05, 4.69) is 5.32 Å². The van der Waals surface area contributed by atoms with Crippen LogP contribution < -0.4 is 5.32 Å². The SMILES string of the molecule is Cc1cc(C(=O)NCc2cc(F)ccc2F)ccc1[N+](=O)[O-]. The van der Waals surface area contributed by atoms with Gasteiger partial charge in [0.05, 0.1) is 4.92 Å². The molecule has 0 radical (unpaired) electrons. The zero-order valence-corrected chi connectivity index (χ0v) is 11.6. The highest BCUT2D eigenvalue weighted by molar-refractivity contribution is 5.94. The van der Waals surface area contributed by atoms with Crippen molar-refractivity contribution in [3.63, 3.8) is 0 Å². The van der Waals surface area contributed by atoms with Crippen LogP contribution in [0.4, 0.5) is 14.5 Å². The first-order chi connectivity index (χ1) is 10.4. The molecule has 0 spiro atoms. The molecule has 0 fully saturated rings. The van der Waals surface area contributed by atoms with Crippen LogP contribution in [-0.4, -0.2) is 10.8 Å². The van der Waals surface area contributed by atoms with Gasteiger partial charge < -0.3 is 5.32 Å². The lowest BCUT2D eigenvalue weighted by Gasteiger charge is -2.07. The summed E-state index contributed by atoms with van der Waals surface area (Å²) in [5.41, 5.74) is 0.481. The van der Waals surface area contributed by atoms with E-state index in [1.807, 2.05) is 0 Å². The number of nitro groups is 1. The predicted octanol–water partition coefficient (Wildman–Crippen LogP) is 3.11. The molecule has 0 saturated heterocycles. The van der Waals surface area contributed by atoms with Gasteiger partial charge in [-0.15, -0.1) is 0 Å². The van der Waals surface area contributed by atoms with Crippen molar-refractivity contribution in [1.29, 1.82) is 0 Å². The molecule has 0 bridgehead atoms. The maximum Gasteiger partial charge on any atom is 0.272 e. The molecule has 0 heterocycles. The Hall–Kier alpha value is -2.83. The van der Waals surface area contributed by atoms with Crippen LogP contribution in [0.5, 0.6) is 0 Å². The largest absolute Gasteiger partial charge is 0.348 e. The van der Waals surface area contributed by atoms with Crippen molar-refractivity contribution in [3.8, 4) is 0 Å². The summed E-state index contributed by atoms with van der Waals surface area (Å²) in [6, 6.07) is 6.87. The monoisotopic (exact) mass is 306 g/mol. The van der Waals surface area contributed by atoms with E-state index in [1.165, 1.54) is 25.1 Å². The number of carbonyl (C=O) groups is 1. The number of carbonyl (C=O) groups excluding carboxylic acids is 1. The van der Waals surface area contributed by atoms with E-state index < -0.39 is 22.5 Å². The average Bonchev–Trinajstić information content (AvgIpc) is 2.47. The molecule has 2 aromatic carbocycles. The standard InChI is InChI=1S/C15H12F2N2O3/c1-9-6-10(2-5-14(9)19(21)22)15(20)18-8-11-7-12(16)3-4-13(11)17/h2-7H,8H2,1H3,(H,18,20). The number of hydrogen-bond donors (Lipinski definition) is 1. The van der Waals surface area contributed by atoms with Gasteiger partial charge in [0.2, 0.25) is 0 Å². The Morgan fingerprint density at radius 2 is 1.95 bits per heavy atom. The first-order valence-electron chi connectivity index (χ1n) is 6.35. The fourth-order valence-corrected chi connectivity index (χ4v) is 1.96. The van der Waals surface area contributed by atoms with Gasteiger partial charge in [0, 0.05) is 29.3 Å². The van der Waals surface area contributed by atoms with Gasteiger partial charge >= 0.3 is 0 Å². The Morgan fingerprint density at radius 3 is 2.59 bits per heavy atom. The summed E-state index contributed by atoms with van der Waals surface area (Å²) in [5, 5.41) is 13.2. The van der Waals surface area contributed by atoms with E-state index in [1.54, 1.807) is 0 Å². The Kier molecular flexibility index (Phi) is 4.45. The second-order valence-corrected chi connectivity index (χ2v) is 4.68. The van der Waals surface area contributed by atoms with Crippen LogP contribution in [0.15, 0.2) is 36.4 Å². The highest BCUT2D eigenvalue weighted by Gasteiger charge is 2.14. The number of amides is 1. The zero-order valence-electron chi connectivity index (χ0n) is 11.6. The first kappa shape index (κ1) is 15.6. The van der Waals surface area contributed by atoms with Gasteiger partial charge in [0.25, 0.3) is 11.6 Å². The van der Waals surface area contributed by atoms with Crippen molar-refractivity contribution in [3.05, 3.63) is 74.8 Å². The predicted molar refractivity (Wildman–Crippen MR) is 75.4 cm³/mol. The molecule has 0 saturated carbocycles. The van der Waals surface area contributed by atoms with Gasteiger partial charge in [-0.25, -0.2) is 8.78 Å². The van der Waals surface area contributed by atoms with Crippen molar-refractivity contribution in [1.82, 2.24) is 5.32 Å². The van der Waals surface area contributed by atoms with E-state index in [0.29, 0.717) is 5.56 Å². The Balaban J connectivity index is 2.11. The van der Waals surface area contributed by atoms with E-state index in [4.69, 9.17) is 0 Å². The number of nitrogens with one attached hydrogen (secondary N) is 1. The summed E-state index contributed by atoms with van der Waals surface area (Å²) in [5.74, 6) is -1.75. The van der Waals surface area contributed by atoms with Gasteiger partial charge in [-0.3, -0.25) is 14.9 Å². The molecule has 0 aliphatic heterocycles. The molecular formula is C15H12F2N2O3. The van der Waals surface area contributed by atoms with Gasteiger partial charge in [-0.05, 0) is 37.3 Å². The third-order valence-corrected chi connectivity index (χ3v) is 3.10. The summed E-state index contributed by atoms with van der Waals surface area (Å²) in [6.45, 7) is 1.33. The number of rotatable bonds is 4. The summed E-state index contributed by atoms with van der Waals surface area (Å²) in [7, 11) is 0. The maximum atomic E-state index is 13.4. The normalized spacial score (nSPS) is 10.3. The van der Waals surface area contributed by atoms with Crippen LogP contribution >= 0.6 is 0 Å². The lowest BCUT2D eigenvalue weighted by molar-refractivity contribution is -0.385. The van der Waals surface area contributed by atoms with Crippen molar-refractivity contribution in [2.75, 3.05) is 0 Å². The van der Waals surface area contributed by atoms with Crippen LogP contribution in [0.25, 0.3) is 0 Å². The van der Waals surface area contributed by atoms with Crippen molar-refractivity contribution < 1.29 is 18.5 Å². The van der Waals surface area contributed by atoms with Gasteiger partial charge in [-0.2, -0.15) is 0 Å². The molecule has 2 rings (SSSR count). The maximum absolute atomic E-state index is 13.4. The molecule has 22 heavy (non-hydrogen) atoms. The minimum absolute atomic E-state index is 0.0204. The summed E-state index contributed by atoms with van der Waals surface area (Å²) in [6.07, 6.45) is 0. The number of halogens is 2. The van der Waals surface area contributed by atoms with Crippen LogP contribution in [-0.2, 0) is 6.54 Å². The number of nitrogens with zero attached hydrogens (tertiary/aromatic N) is 1. The fourth-order valence-electron chi connectivity index (χ4n) is 1.96. The van der Waals surface area contributed by atoms with E-state index in [9.17, 15) is 23.7 Å². The van der Waals surface area contributed by atoms with Crippen molar-refractivity contribution >= 4 is 11.6 Å². The highest BCUT2D eigenvalue weighted by Crippen LogP contribution is 2.19. The molecule has 7 heteroatoms. The molecule has 1 amide bonds. The van der Waals surface area contributed by atoms with Crippen LogP contribution in [0, 0.1) is 28.7 Å². The van der Waals surface area contributed by atoms with Gasteiger partial charge in [0.15, 0.2) is 0 Å². The minimum atomic E-state index is -0.624. The van der Waals surface area contributed by atoms with Gasteiger partial charge in [-0.1, -0.05) is 0 Å². The van der Waals surface area contributed by atoms with Crippen molar-refractivity contribution in [2.45, 2.75) is 13.5 Å². The number of hydrogen-bond acceptors (Lipinski definition) is 3. The number of benzene rings is 2. The Bertz CT molecular complexity index is 748. The molecule has 2 aromatic rings. The van der Waals surface area contributed by atoms with Crippen LogP contribution in [0.2, 0.25) is 0 Å². The molecule has 0 atom stereocenters. The fraction of sp³-hybridized carbons (Fsp3) is 0.133. The molecule has 1 N–H and O–H groups in total. The minimum Gasteiger partial charge on any atom is -0.348 e. The van der Waals surface area contributed by atoms with Gasteiger partial charge in [0.1, 0.15) is 11.6 Å². The molecule has 0 aromatic heterocycles. The van der Waals surface area contributed by atoms with Crippen LogP contribution in [0.3, 0.4) is 0 Å². The molecule has 5 nitrogen and oxygen atoms in total. The van der Waals surface area contributed by atoms with Crippen LogP contribution in [0.1, 0.15) is 21.5 Å². The zero-order chi connectivity index (χ0) is 16.3. The molecule has 0 aliphatic carbocycles. The summed E-state index contributed by atoms with van der Waals surface area (Å²) in [4.78, 5) is 22.1. The molecular weight excluding hydrogens is 294 g/mol. The van der Waals surface area contributed by atoms with E-state index >= 15 is 0 Å². The third-order valence-electron chi connectivity index (χ3n) is 3.10. The van der Waals surface area contributed by atoms with E-state index in [-0.39, 0.29) is 23.4 Å². The molecule has 0 unspecified atom stereocenters. The Morgan fingerprint density at radius 1 is 1.23 bits per heavy atom. The summed E-state index contributed by atoms with van der Waals surface area (Å²) >= 11 is 0. The second kappa shape index (κ2) is 6.30.